The van der Waals surface area contributed by atoms with Gasteiger partial charge in [-0.05, 0) is 48.7 Å². The van der Waals surface area contributed by atoms with Crippen molar-refractivity contribution in [2.45, 2.75) is 26.3 Å². The number of amides is 1. The largest absolute Gasteiger partial charge is 0.383 e. The van der Waals surface area contributed by atoms with Gasteiger partial charge in [0.15, 0.2) is 0 Å². The number of pyridine rings is 1. The van der Waals surface area contributed by atoms with Crippen LogP contribution in [-0.4, -0.2) is 23.5 Å². The minimum absolute atomic E-state index is 0.0638. The van der Waals surface area contributed by atoms with Crippen LogP contribution in [0.3, 0.4) is 0 Å². The number of hydrogen-bond donors (Lipinski definition) is 2. The molecule has 1 amide bonds. The molecule has 0 fully saturated rings. The molecule has 4 nitrogen and oxygen atoms in total. The lowest BCUT2D eigenvalue weighted by Gasteiger charge is -2.15. The topological polar surface area (TPSA) is 54.0 Å². The van der Waals surface area contributed by atoms with E-state index in [1.165, 1.54) is 5.56 Å². The second-order valence-electron chi connectivity index (χ2n) is 4.66. The van der Waals surface area contributed by atoms with E-state index in [1.54, 1.807) is 29.8 Å². The number of rotatable bonds is 6. The maximum absolute atomic E-state index is 12.3. The third-order valence-corrected chi connectivity index (χ3v) is 3.66. The average Bonchev–Trinajstić information content (AvgIpc) is 2.92. The lowest BCUT2D eigenvalue weighted by Crippen LogP contribution is -2.34. The first-order valence-corrected chi connectivity index (χ1v) is 7.64. The molecule has 0 bridgehead atoms. The highest BCUT2D eigenvalue weighted by Crippen LogP contribution is 2.14. The van der Waals surface area contributed by atoms with Crippen molar-refractivity contribution in [2.75, 3.05) is 11.9 Å². The molecule has 0 aromatic carbocycles. The molecule has 0 saturated heterocycles. The molecule has 2 rings (SSSR count). The van der Waals surface area contributed by atoms with Crippen molar-refractivity contribution in [2.24, 2.45) is 0 Å². The molecule has 2 N–H and O–H groups in total. The molecule has 1 atom stereocenters. The van der Waals surface area contributed by atoms with Gasteiger partial charge in [-0.15, -0.1) is 0 Å². The number of aromatic nitrogens is 1. The number of carbonyl (C=O) groups is 1. The Balaban J connectivity index is 2.00. The summed E-state index contributed by atoms with van der Waals surface area (Å²) >= 11 is 1.67. The predicted octanol–water partition coefficient (Wildman–Crippen LogP) is 2.94. The van der Waals surface area contributed by atoms with E-state index in [1.807, 2.05) is 13.8 Å². The van der Waals surface area contributed by atoms with Crippen molar-refractivity contribution in [1.29, 1.82) is 0 Å². The minimum Gasteiger partial charge on any atom is -0.383 e. The Hall–Kier alpha value is -1.88. The maximum Gasteiger partial charge on any atom is 0.253 e. The summed E-state index contributed by atoms with van der Waals surface area (Å²) in [7, 11) is 0. The molecular weight excluding hydrogens is 270 g/mol. The van der Waals surface area contributed by atoms with Crippen LogP contribution in [0, 0.1) is 0 Å². The summed E-state index contributed by atoms with van der Waals surface area (Å²) in [6, 6.07) is 3.92. The quantitative estimate of drug-likeness (QED) is 0.859. The third kappa shape index (κ3) is 3.81. The van der Waals surface area contributed by atoms with E-state index < -0.39 is 0 Å². The van der Waals surface area contributed by atoms with E-state index in [0.717, 1.165) is 18.7 Å². The van der Waals surface area contributed by atoms with Crippen LogP contribution in [0.15, 0.2) is 35.3 Å². The highest BCUT2D eigenvalue weighted by molar-refractivity contribution is 7.07. The molecular formula is C15H19N3OS. The number of carbonyl (C=O) groups excluding carboxylic acids is 1. The summed E-state index contributed by atoms with van der Waals surface area (Å²) in [5.41, 5.74) is 2.67. The van der Waals surface area contributed by atoms with Gasteiger partial charge >= 0.3 is 0 Å². The van der Waals surface area contributed by atoms with Gasteiger partial charge < -0.3 is 10.6 Å². The summed E-state index contributed by atoms with van der Waals surface area (Å²) in [5.74, 6) is -0.0638. The Morgan fingerprint density at radius 3 is 3.00 bits per heavy atom. The van der Waals surface area contributed by atoms with E-state index in [9.17, 15) is 4.79 Å². The van der Waals surface area contributed by atoms with E-state index in [-0.39, 0.29) is 11.9 Å². The van der Waals surface area contributed by atoms with Crippen molar-refractivity contribution in [3.05, 3.63) is 46.4 Å². The SMILES string of the molecule is CCNc1cnccc1C(=O)NC(C)Cc1ccsc1. The van der Waals surface area contributed by atoms with Gasteiger partial charge in [-0.1, -0.05) is 0 Å². The smallest absolute Gasteiger partial charge is 0.253 e. The van der Waals surface area contributed by atoms with E-state index >= 15 is 0 Å². The van der Waals surface area contributed by atoms with Crippen molar-refractivity contribution in [3.63, 3.8) is 0 Å². The molecule has 0 radical (unpaired) electrons. The zero-order valence-electron chi connectivity index (χ0n) is 11.7. The van der Waals surface area contributed by atoms with Crippen LogP contribution in [0.5, 0.6) is 0 Å². The molecule has 0 aliphatic carbocycles. The monoisotopic (exact) mass is 289 g/mol. The fraction of sp³-hybridized carbons (Fsp3) is 0.333. The second kappa shape index (κ2) is 7.05. The summed E-state index contributed by atoms with van der Waals surface area (Å²) < 4.78 is 0. The molecule has 0 spiro atoms. The molecule has 0 aliphatic heterocycles. The molecule has 5 heteroatoms. The predicted molar refractivity (Wildman–Crippen MR) is 83.4 cm³/mol. The number of hydrogen-bond acceptors (Lipinski definition) is 4. The first kappa shape index (κ1) is 14.5. The van der Waals surface area contributed by atoms with Crippen LogP contribution in [0.4, 0.5) is 5.69 Å². The van der Waals surface area contributed by atoms with Crippen LogP contribution >= 0.6 is 11.3 Å². The van der Waals surface area contributed by atoms with Crippen LogP contribution in [-0.2, 0) is 6.42 Å². The van der Waals surface area contributed by atoms with E-state index in [0.29, 0.717) is 5.56 Å². The number of nitrogens with one attached hydrogen (secondary N) is 2. The standard InChI is InChI=1S/C15H19N3OS/c1-3-17-14-9-16-6-4-13(14)15(19)18-11(2)8-12-5-7-20-10-12/h4-7,9-11,17H,3,8H2,1-2H3,(H,18,19). The molecule has 1 unspecified atom stereocenters. The van der Waals surface area contributed by atoms with Crippen LogP contribution in [0.1, 0.15) is 29.8 Å². The Labute approximate surface area is 123 Å². The molecule has 2 aromatic heterocycles. The van der Waals surface area contributed by atoms with Gasteiger partial charge in [0, 0.05) is 18.8 Å². The van der Waals surface area contributed by atoms with Crippen molar-refractivity contribution in [3.8, 4) is 0 Å². The Kier molecular flexibility index (Phi) is 5.12. The average molecular weight is 289 g/mol. The number of anilines is 1. The Bertz CT molecular complexity index is 554. The van der Waals surface area contributed by atoms with Gasteiger partial charge in [0.2, 0.25) is 0 Å². The Morgan fingerprint density at radius 1 is 1.45 bits per heavy atom. The summed E-state index contributed by atoms with van der Waals surface area (Å²) in [6.07, 6.45) is 4.16. The highest BCUT2D eigenvalue weighted by atomic mass is 32.1. The van der Waals surface area contributed by atoms with Gasteiger partial charge in [0.05, 0.1) is 17.4 Å². The van der Waals surface area contributed by atoms with E-state index in [2.05, 4.69) is 32.4 Å². The van der Waals surface area contributed by atoms with Gasteiger partial charge in [0.25, 0.3) is 5.91 Å². The first-order valence-electron chi connectivity index (χ1n) is 6.70. The second-order valence-corrected chi connectivity index (χ2v) is 5.44. The van der Waals surface area contributed by atoms with Crippen LogP contribution in [0.2, 0.25) is 0 Å². The van der Waals surface area contributed by atoms with Crippen LogP contribution in [0.25, 0.3) is 0 Å². The van der Waals surface area contributed by atoms with Crippen molar-refractivity contribution >= 4 is 22.9 Å². The van der Waals surface area contributed by atoms with Crippen LogP contribution < -0.4 is 10.6 Å². The fourth-order valence-electron chi connectivity index (χ4n) is 2.04. The van der Waals surface area contributed by atoms with Crippen molar-refractivity contribution in [1.82, 2.24) is 10.3 Å². The molecule has 0 aliphatic rings. The highest BCUT2D eigenvalue weighted by Gasteiger charge is 2.14. The zero-order chi connectivity index (χ0) is 14.4. The van der Waals surface area contributed by atoms with Gasteiger partial charge in [-0.25, -0.2) is 0 Å². The summed E-state index contributed by atoms with van der Waals surface area (Å²) in [4.78, 5) is 16.3. The minimum atomic E-state index is -0.0638. The summed E-state index contributed by atoms with van der Waals surface area (Å²) in [6.45, 7) is 4.77. The normalized spacial score (nSPS) is 11.9. The number of thiophene rings is 1. The third-order valence-electron chi connectivity index (χ3n) is 2.93. The van der Waals surface area contributed by atoms with Gasteiger partial charge in [0.1, 0.15) is 0 Å². The van der Waals surface area contributed by atoms with Gasteiger partial charge in [-0.3, -0.25) is 9.78 Å². The molecule has 0 saturated carbocycles. The zero-order valence-corrected chi connectivity index (χ0v) is 12.5. The number of nitrogens with zero attached hydrogens (tertiary/aromatic N) is 1. The lowest BCUT2D eigenvalue weighted by atomic mass is 10.1. The molecule has 106 valence electrons. The van der Waals surface area contributed by atoms with E-state index in [4.69, 9.17) is 0 Å². The first-order chi connectivity index (χ1) is 9.70. The van der Waals surface area contributed by atoms with Crippen molar-refractivity contribution < 1.29 is 4.79 Å². The lowest BCUT2D eigenvalue weighted by molar-refractivity contribution is 0.0941. The Morgan fingerprint density at radius 2 is 2.30 bits per heavy atom. The van der Waals surface area contributed by atoms with Gasteiger partial charge in [-0.2, -0.15) is 11.3 Å². The summed E-state index contributed by atoms with van der Waals surface area (Å²) in [5, 5.41) is 10.3. The maximum atomic E-state index is 12.3. The molecule has 20 heavy (non-hydrogen) atoms. The fourth-order valence-corrected chi connectivity index (χ4v) is 2.72. The molecule has 2 aromatic rings. The molecule has 2 heterocycles.